The predicted molar refractivity (Wildman–Crippen MR) is 37.2 cm³/mol. The van der Waals surface area contributed by atoms with Crippen LogP contribution in [0.1, 0.15) is 12.8 Å². The van der Waals surface area contributed by atoms with Crippen molar-refractivity contribution >= 4 is 0 Å². The van der Waals surface area contributed by atoms with Crippen molar-refractivity contribution in [2.75, 3.05) is 6.61 Å². The van der Waals surface area contributed by atoms with Gasteiger partial charge in [0.25, 0.3) is 5.92 Å². The van der Waals surface area contributed by atoms with Gasteiger partial charge >= 0.3 is 18.5 Å². The summed E-state index contributed by atoms with van der Waals surface area (Å²) >= 11 is 0. The lowest BCUT2D eigenvalue weighted by Gasteiger charge is -2.23. The highest BCUT2D eigenvalue weighted by atomic mass is 19.4. The van der Waals surface area contributed by atoms with Crippen molar-refractivity contribution in [1.82, 2.24) is 0 Å². The van der Waals surface area contributed by atoms with Gasteiger partial charge in [-0.15, -0.1) is 0 Å². The van der Waals surface area contributed by atoms with Gasteiger partial charge in [0.05, 0.1) is 0 Å². The lowest BCUT2D eigenvalue weighted by Crippen LogP contribution is -2.37. The van der Waals surface area contributed by atoms with E-state index < -0.39 is 43.8 Å². The second-order valence-electron chi connectivity index (χ2n) is 3.37. The van der Waals surface area contributed by atoms with Crippen LogP contribution in [0.4, 0.5) is 43.9 Å². The third-order valence-electron chi connectivity index (χ3n) is 1.36. The number of hydrogen-bond donors (Lipinski definition) is 0. The Kier molecular flexibility index (Phi) is 4.89. The third kappa shape index (κ3) is 9.31. The molecule has 0 rings (SSSR count). The highest BCUT2D eigenvalue weighted by Crippen LogP contribution is 2.36. The number of alkyl halides is 10. The zero-order chi connectivity index (χ0) is 14.8. The van der Waals surface area contributed by atoms with Crippen LogP contribution in [0.25, 0.3) is 0 Å². The molecule has 0 atom stereocenters. The maximum absolute atomic E-state index is 12.4. The molecule has 11 heteroatoms. The molecule has 0 unspecified atom stereocenters. The van der Waals surface area contributed by atoms with E-state index in [0.29, 0.717) is 0 Å². The van der Waals surface area contributed by atoms with Gasteiger partial charge in [0, 0.05) is 0 Å². The smallest absolute Gasteiger partial charge is 0.314 e. The molecule has 18 heavy (non-hydrogen) atoms. The Hall–Kier alpha value is -0.740. The Balaban J connectivity index is 4.38. The highest BCUT2D eigenvalue weighted by molar-refractivity contribution is 4.72. The fraction of sp³-hybridized carbons (Fsp3) is 1.00. The molecule has 0 fully saturated rings. The number of ether oxygens (including phenoxy) is 1. The van der Waals surface area contributed by atoms with E-state index in [4.69, 9.17) is 0 Å². The van der Waals surface area contributed by atoms with Crippen LogP contribution in [-0.2, 0) is 4.74 Å². The Morgan fingerprint density at radius 3 is 1.33 bits per heavy atom. The van der Waals surface area contributed by atoms with Crippen molar-refractivity contribution < 1.29 is 48.6 Å². The Bertz CT molecular complexity index is 236. The molecule has 0 aromatic carbocycles. The molecule has 0 radical (unpaired) electrons. The fourth-order valence-electron chi connectivity index (χ4n) is 0.840. The molecular formula is C7H6F10O. The van der Waals surface area contributed by atoms with Crippen molar-refractivity contribution in [2.45, 2.75) is 37.2 Å². The minimum atomic E-state index is -5.40. The highest BCUT2D eigenvalue weighted by Gasteiger charge is 2.49. The van der Waals surface area contributed by atoms with Gasteiger partial charge in [0.15, 0.2) is 0 Å². The molecule has 1 nitrogen and oxygen atoms in total. The quantitative estimate of drug-likeness (QED) is 0.693. The van der Waals surface area contributed by atoms with Crippen LogP contribution in [0, 0.1) is 0 Å². The Morgan fingerprint density at radius 2 is 1.00 bits per heavy atom. The molecule has 0 bridgehead atoms. The van der Waals surface area contributed by atoms with Crippen LogP contribution < -0.4 is 0 Å². The van der Waals surface area contributed by atoms with Crippen LogP contribution in [0.3, 0.4) is 0 Å². The van der Waals surface area contributed by atoms with E-state index in [-0.39, 0.29) is 0 Å². The van der Waals surface area contributed by atoms with Crippen LogP contribution in [0.5, 0.6) is 0 Å². The molecular weight excluding hydrogens is 290 g/mol. The topological polar surface area (TPSA) is 9.23 Å². The summed E-state index contributed by atoms with van der Waals surface area (Å²) in [5.41, 5.74) is 0. The first kappa shape index (κ1) is 17.3. The standard InChI is InChI=1S/C7H6F10O/c8-4(9,1-5(10,11)12)3-18-7(16,17)2-6(13,14)15/h1-3H2. The van der Waals surface area contributed by atoms with Crippen molar-refractivity contribution in [3.8, 4) is 0 Å². The third-order valence-corrected chi connectivity index (χ3v) is 1.36. The SMILES string of the molecule is FC(F)(F)CC(F)(F)COC(F)(F)CC(F)(F)F. The first-order chi connectivity index (χ1) is 7.62. The maximum Gasteiger partial charge on any atom is 0.397 e. The number of hydrogen-bond acceptors (Lipinski definition) is 1. The van der Waals surface area contributed by atoms with Gasteiger partial charge in [-0.05, 0) is 0 Å². The molecule has 0 aromatic rings. The Labute approximate surface area is 93.7 Å². The van der Waals surface area contributed by atoms with E-state index in [1.165, 1.54) is 0 Å². The minimum Gasteiger partial charge on any atom is -0.314 e. The van der Waals surface area contributed by atoms with E-state index in [9.17, 15) is 43.9 Å². The summed E-state index contributed by atoms with van der Waals surface area (Å²) < 4.78 is 122. The van der Waals surface area contributed by atoms with Gasteiger partial charge in [0.2, 0.25) is 0 Å². The molecule has 0 aromatic heterocycles. The molecule has 0 aliphatic carbocycles. The normalized spacial score (nSPS) is 15.0. The average Bonchev–Trinajstić information content (AvgIpc) is 1.91. The van der Waals surface area contributed by atoms with Crippen molar-refractivity contribution in [3.05, 3.63) is 0 Å². The van der Waals surface area contributed by atoms with Gasteiger partial charge < -0.3 is 4.74 Å². The van der Waals surface area contributed by atoms with E-state index >= 15 is 0 Å². The molecule has 0 spiro atoms. The zero-order valence-corrected chi connectivity index (χ0v) is 8.31. The van der Waals surface area contributed by atoms with Gasteiger partial charge in [-0.1, -0.05) is 0 Å². The molecule has 110 valence electrons. The maximum atomic E-state index is 12.4. The summed E-state index contributed by atoms with van der Waals surface area (Å²) in [6.07, 6.45) is -21.4. The summed E-state index contributed by atoms with van der Waals surface area (Å²) in [5, 5.41) is 0. The Morgan fingerprint density at radius 1 is 0.611 bits per heavy atom. The molecule has 0 aliphatic rings. The van der Waals surface area contributed by atoms with Crippen LogP contribution in [-0.4, -0.2) is 31.0 Å². The van der Waals surface area contributed by atoms with Gasteiger partial charge in [-0.3, -0.25) is 0 Å². The first-order valence-corrected chi connectivity index (χ1v) is 4.15. The summed E-state index contributed by atoms with van der Waals surface area (Å²) in [5.74, 6) is -4.73. The summed E-state index contributed by atoms with van der Waals surface area (Å²) in [6.45, 7) is -2.46. The van der Waals surface area contributed by atoms with Crippen LogP contribution >= 0.6 is 0 Å². The van der Waals surface area contributed by atoms with Crippen molar-refractivity contribution in [1.29, 1.82) is 0 Å². The molecule has 0 saturated carbocycles. The molecule has 0 amide bonds. The van der Waals surface area contributed by atoms with Gasteiger partial charge in [-0.25, -0.2) is 8.78 Å². The lowest BCUT2D eigenvalue weighted by molar-refractivity contribution is -0.314. The van der Waals surface area contributed by atoms with Gasteiger partial charge in [0.1, 0.15) is 19.4 Å². The monoisotopic (exact) mass is 296 g/mol. The second kappa shape index (κ2) is 5.10. The molecule has 0 heterocycles. The zero-order valence-electron chi connectivity index (χ0n) is 8.31. The lowest BCUT2D eigenvalue weighted by atomic mass is 10.2. The molecule has 0 saturated heterocycles. The molecule has 0 aliphatic heterocycles. The van der Waals surface area contributed by atoms with E-state index in [2.05, 4.69) is 4.74 Å². The fourth-order valence-corrected chi connectivity index (χ4v) is 0.840. The number of rotatable bonds is 5. The average molecular weight is 296 g/mol. The van der Waals surface area contributed by atoms with E-state index in [1.54, 1.807) is 0 Å². The summed E-state index contributed by atoms with van der Waals surface area (Å²) in [7, 11) is 0. The van der Waals surface area contributed by atoms with Crippen LogP contribution in [0.2, 0.25) is 0 Å². The predicted octanol–water partition coefficient (Wildman–Crippen LogP) is 4.14. The largest absolute Gasteiger partial charge is 0.397 e. The van der Waals surface area contributed by atoms with Crippen molar-refractivity contribution in [2.24, 2.45) is 0 Å². The second-order valence-corrected chi connectivity index (χ2v) is 3.37. The summed E-state index contributed by atoms with van der Waals surface area (Å²) in [6, 6.07) is 0. The number of halogens is 10. The van der Waals surface area contributed by atoms with Crippen LogP contribution in [0.15, 0.2) is 0 Å². The van der Waals surface area contributed by atoms with E-state index in [0.717, 1.165) is 0 Å². The van der Waals surface area contributed by atoms with Crippen molar-refractivity contribution in [3.63, 3.8) is 0 Å². The first-order valence-electron chi connectivity index (χ1n) is 4.15. The van der Waals surface area contributed by atoms with Gasteiger partial charge in [-0.2, -0.15) is 35.1 Å². The molecule has 0 N–H and O–H groups in total. The minimum absolute atomic E-state index is 2.46. The van der Waals surface area contributed by atoms with E-state index in [1.807, 2.05) is 0 Å². The summed E-state index contributed by atoms with van der Waals surface area (Å²) in [4.78, 5) is 0.